The summed E-state index contributed by atoms with van der Waals surface area (Å²) in [6.07, 6.45) is 0. The molecule has 0 amide bonds. The summed E-state index contributed by atoms with van der Waals surface area (Å²) in [5, 5.41) is 0. The van der Waals surface area contributed by atoms with Crippen LogP contribution in [0, 0.1) is 0 Å². The van der Waals surface area contributed by atoms with Gasteiger partial charge in [0.25, 0.3) is 0 Å². The monoisotopic (exact) mass is 130 g/mol. The van der Waals surface area contributed by atoms with Crippen LogP contribution in [0.15, 0.2) is 14.4 Å². The van der Waals surface area contributed by atoms with E-state index in [2.05, 4.69) is 0 Å². The number of nitrogens with one attached hydrogen (secondary N) is 3. The van der Waals surface area contributed by atoms with E-state index in [0.29, 0.717) is 0 Å². The van der Waals surface area contributed by atoms with Crippen molar-refractivity contribution in [1.29, 1.82) is 0 Å². The summed E-state index contributed by atoms with van der Waals surface area (Å²) in [5.74, 6) is 0. The third-order valence-electron chi connectivity index (χ3n) is 0.681. The van der Waals surface area contributed by atoms with Gasteiger partial charge in [0.2, 0.25) is 0 Å². The summed E-state index contributed by atoms with van der Waals surface area (Å²) in [7, 11) is 0. The first-order valence-corrected chi connectivity index (χ1v) is 2.11. The Morgan fingerprint density at radius 3 is 1.11 bits per heavy atom. The zero-order chi connectivity index (χ0) is 6.85. The smallest absolute Gasteiger partial charge is 0.259 e. The van der Waals surface area contributed by atoms with Gasteiger partial charge >= 0.3 is 17.1 Å². The van der Waals surface area contributed by atoms with Crippen LogP contribution in [0.25, 0.3) is 0 Å². The number of hydrogen-bond acceptors (Lipinski definition) is 3. The van der Waals surface area contributed by atoms with Crippen molar-refractivity contribution in [2.75, 3.05) is 0 Å². The van der Waals surface area contributed by atoms with Gasteiger partial charge in [-0.05, 0) is 0 Å². The second kappa shape index (κ2) is 1.73. The molecule has 0 spiro atoms. The van der Waals surface area contributed by atoms with Gasteiger partial charge in [-0.25, -0.2) is 14.4 Å². The molecular weight excluding hydrogens is 127 g/mol. The minimum atomic E-state index is -0.802. The van der Waals surface area contributed by atoms with E-state index in [1.54, 1.807) is 15.0 Å². The van der Waals surface area contributed by atoms with Gasteiger partial charge < -0.3 is 0 Å². The molecule has 1 rings (SSSR count). The van der Waals surface area contributed by atoms with E-state index in [-0.39, 0.29) is 0 Å². The van der Waals surface area contributed by atoms with Gasteiger partial charge in [0.1, 0.15) is 0 Å². The van der Waals surface area contributed by atoms with Gasteiger partial charge in [-0.15, -0.1) is 0 Å². The molecule has 1 aromatic rings. The first-order valence-electron chi connectivity index (χ1n) is 2.11. The van der Waals surface area contributed by atoms with E-state index in [4.69, 9.17) is 0 Å². The first kappa shape index (κ1) is 5.54. The molecule has 0 radical (unpaired) electrons. The highest BCUT2D eigenvalue weighted by atomic mass is 16.2. The van der Waals surface area contributed by atoms with Crippen LogP contribution >= 0.6 is 0 Å². The molecule has 9 heavy (non-hydrogen) atoms. The van der Waals surface area contributed by atoms with Gasteiger partial charge in [-0.3, -0.25) is 15.0 Å². The van der Waals surface area contributed by atoms with Crippen molar-refractivity contribution in [1.82, 2.24) is 15.0 Å². The normalized spacial score (nSPS) is 9.33. The number of aromatic nitrogens is 3. The Kier molecular flexibility index (Phi) is 1.07. The summed E-state index contributed by atoms with van der Waals surface area (Å²) < 4.78 is 0. The van der Waals surface area contributed by atoms with E-state index in [0.717, 1.165) is 0 Å². The minimum Gasteiger partial charge on any atom is -0.259 e. The molecule has 0 fully saturated rings. The molecule has 0 bridgehead atoms. The van der Waals surface area contributed by atoms with Crippen LogP contribution in [0.1, 0.15) is 0 Å². The van der Waals surface area contributed by atoms with Crippen molar-refractivity contribution < 1.29 is 0 Å². The molecule has 0 saturated heterocycles. The zero-order valence-electron chi connectivity index (χ0n) is 4.22. The highest BCUT2D eigenvalue weighted by Gasteiger charge is 1.84. The summed E-state index contributed by atoms with van der Waals surface area (Å²) in [6, 6.07) is 0. The largest absolute Gasteiger partial charge is 0.330 e. The van der Waals surface area contributed by atoms with Crippen LogP contribution in [0.5, 0.6) is 0 Å². The molecule has 1 heterocycles. The molecule has 48 valence electrons. The Hall–Kier alpha value is -1.59. The molecule has 0 aliphatic rings. The number of H-pyrrole nitrogens is 3. The lowest BCUT2D eigenvalue weighted by molar-refractivity contribution is 0.888. The summed E-state index contributed by atoms with van der Waals surface area (Å²) in [6.45, 7) is 0. The summed E-state index contributed by atoms with van der Waals surface area (Å²) >= 11 is 0. The summed E-state index contributed by atoms with van der Waals surface area (Å²) in [4.78, 5) is 35.9. The van der Waals surface area contributed by atoms with Gasteiger partial charge in [0.05, 0.1) is 0 Å². The molecule has 0 aliphatic heterocycles. The lowest BCUT2D eigenvalue weighted by Gasteiger charge is -1.77. The lowest BCUT2D eigenvalue weighted by Crippen LogP contribution is -2.34. The average molecular weight is 130 g/mol. The Labute approximate surface area is 47.6 Å². The Bertz CT molecular complexity index is 277. The van der Waals surface area contributed by atoms with E-state index in [9.17, 15) is 14.4 Å². The highest BCUT2D eigenvalue weighted by Crippen LogP contribution is 1.29. The minimum absolute atomic E-state index is 0.802. The maximum absolute atomic E-state index is 10.2. The molecule has 6 nitrogen and oxygen atoms in total. The van der Waals surface area contributed by atoms with Gasteiger partial charge in [0, 0.05) is 0 Å². The van der Waals surface area contributed by atoms with Crippen LogP contribution in [0.2, 0.25) is 0 Å². The molecule has 3 N–H and O–H groups in total. The highest BCUT2D eigenvalue weighted by molar-refractivity contribution is 4.60. The molecule has 0 atom stereocenters. The van der Waals surface area contributed by atoms with Gasteiger partial charge in [-0.2, -0.15) is 0 Å². The summed E-state index contributed by atoms with van der Waals surface area (Å²) in [5.41, 5.74) is -2.41. The first-order chi connectivity index (χ1) is 4.18. The second-order valence-electron chi connectivity index (χ2n) is 1.36. The van der Waals surface area contributed by atoms with Gasteiger partial charge in [-0.1, -0.05) is 0 Å². The Morgan fingerprint density at radius 1 is 0.667 bits per heavy atom. The molecule has 0 aromatic carbocycles. The van der Waals surface area contributed by atoms with E-state index in [1.165, 1.54) is 0 Å². The van der Waals surface area contributed by atoms with Crippen molar-refractivity contribution in [2.45, 2.75) is 0 Å². The molecule has 0 saturated carbocycles. The molecule has 0 aliphatic carbocycles. The number of hydrogen-bond donors (Lipinski definition) is 3. The molecule has 1 aromatic heterocycles. The van der Waals surface area contributed by atoms with E-state index in [1.807, 2.05) is 0 Å². The third-order valence-corrected chi connectivity index (χ3v) is 0.681. The van der Waals surface area contributed by atoms with Crippen LogP contribution < -0.4 is 17.1 Å². The van der Waals surface area contributed by atoms with Crippen LogP contribution in [0.3, 0.4) is 0 Å². The second-order valence-corrected chi connectivity index (χ2v) is 1.36. The predicted molar refractivity (Wildman–Crippen MR) is 28.3 cm³/mol. The number of aromatic amines is 3. The van der Waals surface area contributed by atoms with E-state index >= 15 is 0 Å². The molecule has 0 unspecified atom stereocenters. The van der Waals surface area contributed by atoms with Crippen molar-refractivity contribution in [3.05, 3.63) is 31.5 Å². The average Bonchev–Trinajstić information content (AvgIpc) is 1.59. The SMILES string of the molecule is O=c1[nH]c(=O)[nH][13c](=O)[nH]1. The van der Waals surface area contributed by atoms with Crippen molar-refractivity contribution in [3.8, 4) is 0 Å². The fourth-order valence-corrected chi connectivity index (χ4v) is 0.403. The Morgan fingerprint density at radius 2 is 0.889 bits per heavy atom. The van der Waals surface area contributed by atoms with Crippen LogP contribution in [0.4, 0.5) is 0 Å². The van der Waals surface area contributed by atoms with Crippen molar-refractivity contribution in [3.63, 3.8) is 0 Å². The lowest BCUT2D eigenvalue weighted by atomic mass is 11.1. The quantitative estimate of drug-likeness (QED) is 0.370. The predicted octanol–water partition coefficient (Wildman–Crippen LogP) is -2.25. The van der Waals surface area contributed by atoms with Crippen molar-refractivity contribution in [2.24, 2.45) is 0 Å². The third kappa shape index (κ3) is 1.15. The molecule has 6 heteroatoms. The standard InChI is InChI=1S/C3H3N3O3/c7-1-4-2(8)6-3(9)5-1/h(H3,4,5,6,7,8,9)/i1+1. The Balaban J connectivity index is 3.72. The van der Waals surface area contributed by atoms with Crippen LogP contribution in [-0.2, 0) is 0 Å². The topological polar surface area (TPSA) is 98.6 Å². The maximum atomic E-state index is 10.2. The fraction of sp³-hybridized carbons (Fsp3) is 0. The fourth-order valence-electron chi connectivity index (χ4n) is 0.403. The maximum Gasteiger partial charge on any atom is 0.330 e. The number of rotatable bonds is 0. The van der Waals surface area contributed by atoms with Crippen LogP contribution in [-0.4, -0.2) is 15.0 Å². The van der Waals surface area contributed by atoms with Gasteiger partial charge in [0.15, 0.2) is 0 Å². The zero-order valence-corrected chi connectivity index (χ0v) is 4.22. The van der Waals surface area contributed by atoms with E-state index < -0.39 is 17.1 Å². The molecular formula is C3H3N3O3. The van der Waals surface area contributed by atoms with Crippen molar-refractivity contribution >= 4 is 0 Å².